The summed E-state index contributed by atoms with van der Waals surface area (Å²) in [6.07, 6.45) is 0.0993. The van der Waals surface area contributed by atoms with E-state index in [2.05, 4.69) is 36.8 Å². The van der Waals surface area contributed by atoms with Crippen molar-refractivity contribution in [2.24, 2.45) is 7.05 Å². The molecule has 0 unspecified atom stereocenters. The van der Waals surface area contributed by atoms with Crippen LogP contribution in [-0.4, -0.2) is 45.2 Å². The topological polar surface area (TPSA) is 74.1 Å². The summed E-state index contributed by atoms with van der Waals surface area (Å²) in [6, 6.07) is 4.00. The number of aromatic nitrogens is 4. The third-order valence-electron chi connectivity index (χ3n) is 3.18. The van der Waals surface area contributed by atoms with E-state index in [-0.39, 0.29) is 6.10 Å². The average Bonchev–Trinajstić information content (AvgIpc) is 2.95. The van der Waals surface area contributed by atoms with Gasteiger partial charge in [-0.25, -0.2) is 4.68 Å². The van der Waals surface area contributed by atoms with Crippen molar-refractivity contribution in [1.29, 1.82) is 0 Å². The van der Waals surface area contributed by atoms with E-state index in [4.69, 9.17) is 9.47 Å². The predicted octanol–water partition coefficient (Wildman–Crippen LogP) is 3.04. The van der Waals surface area contributed by atoms with Crippen molar-refractivity contribution >= 4 is 27.7 Å². The van der Waals surface area contributed by atoms with Gasteiger partial charge in [-0.1, -0.05) is 27.7 Å². The summed E-state index contributed by atoms with van der Waals surface area (Å²) in [5.41, 5.74) is 1.13. The SMILES string of the molecule is CCOc1cc(CNCCSc2nnnn2C)c(Br)cc1OC(C)C. The molecular weight excluding hydrogens is 406 g/mol. The molecule has 0 aliphatic carbocycles. The summed E-state index contributed by atoms with van der Waals surface area (Å²) < 4.78 is 14.2. The minimum atomic E-state index is 0.0993. The molecule has 2 rings (SSSR count). The van der Waals surface area contributed by atoms with E-state index in [0.29, 0.717) is 6.61 Å². The van der Waals surface area contributed by atoms with Crippen LogP contribution in [-0.2, 0) is 13.6 Å². The molecule has 1 heterocycles. The van der Waals surface area contributed by atoms with E-state index in [1.165, 1.54) is 0 Å². The Hall–Kier alpha value is -1.32. The molecule has 0 spiro atoms. The first-order valence-electron chi connectivity index (χ1n) is 8.19. The van der Waals surface area contributed by atoms with E-state index in [9.17, 15) is 0 Å². The third-order valence-corrected chi connectivity index (χ3v) is 4.93. The second-order valence-corrected chi connectivity index (χ2v) is 7.52. The Kier molecular flexibility index (Phi) is 7.98. The normalized spacial score (nSPS) is 11.1. The maximum Gasteiger partial charge on any atom is 0.209 e. The van der Waals surface area contributed by atoms with Gasteiger partial charge in [0.25, 0.3) is 0 Å². The number of hydrogen-bond acceptors (Lipinski definition) is 7. The van der Waals surface area contributed by atoms with Gasteiger partial charge < -0.3 is 14.8 Å². The molecule has 138 valence electrons. The highest BCUT2D eigenvalue weighted by molar-refractivity contribution is 9.10. The molecule has 0 saturated heterocycles. The van der Waals surface area contributed by atoms with E-state index >= 15 is 0 Å². The quantitative estimate of drug-likeness (QED) is 0.459. The van der Waals surface area contributed by atoms with Gasteiger partial charge >= 0.3 is 0 Å². The van der Waals surface area contributed by atoms with Crippen LogP contribution in [0.15, 0.2) is 21.8 Å². The Morgan fingerprint density at radius 1 is 1.32 bits per heavy atom. The molecule has 1 aromatic heterocycles. The minimum Gasteiger partial charge on any atom is -0.490 e. The predicted molar refractivity (Wildman–Crippen MR) is 102 cm³/mol. The number of halogens is 1. The van der Waals surface area contributed by atoms with Gasteiger partial charge in [-0.3, -0.25) is 0 Å². The number of nitrogens with zero attached hydrogens (tertiary/aromatic N) is 4. The van der Waals surface area contributed by atoms with Gasteiger partial charge in [0.1, 0.15) is 0 Å². The van der Waals surface area contributed by atoms with Crippen LogP contribution in [0.25, 0.3) is 0 Å². The number of thioether (sulfide) groups is 1. The summed E-state index contributed by atoms with van der Waals surface area (Å²) in [4.78, 5) is 0. The molecule has 0 fully saturated rings. The summed E-state index contributed by atoms with van der Waals surface area (Å²) in [7, 11) is 1.84. The van der Waals surface area contributed by atoms with Crippen molar-refractivity contribution in [3.63, 3.8) is 0 Å². The first-order chi connectivity index (χ1) is 12.0. The maximum atomic E-state index is 5.83. The van der Waals surface area contributed by atoms with Crippen molar-refractivity contribution in [3.05, 3.63) is 22.2 Å². The van der Waals surface area contributed by atoms with Crippen LogP contribution in [0.4, 0.5) is 0 Å². The van der Waals surface area contributed by atoms with E-state index < -0.39 is 0 Å². The van der Waals surface area contributed by atoms with Crippen molar-refractivity contribution in [2.45, 2.75) is 38.6 Å². The van der Waals surface area contributed by atoms with E-state index in [1.807, 2.05) is 40.0 Å². The lowest BCUT2D eigenvalue weighted by molar-refractivity contribution is 0.223. The Balaban J connectivity index is 1.90. The summed E-state index contributed by atoms with van der Waals surface area (Å²) in [6.45, 7) is 8.16. The van der Waals surface area contributed by atoms with Crippen molar-refractivity contribution in [2.75, 3.05) is 18.9 Å². The van der Waals surface area contributed by atoms with Gasteiger partial charge in [0.2, 0.25) is 5.16 Å². The van der Waals surface area contributed by atoms with Crippen LogP contribution in [0.2, 0.25) is 0 Å². The fourth-order valence-corrected chi connectivity index (χ4v) is 3.32. The third kappa shape index (κ3) is 6.16. The second kappa shape index (κ2) is 9.98. The fraction of sp³-hybridized carbons (Fsp3) is 0.562. The molecule has 0 radical (unpaired) electrons. The zero-order valence-electron chi connectivity index (χ0n) is 15.0. The van der Waals surface area contributed by atoms with Gasteiger partial charge in [0, 0.05) is 30.4 Å². The summed E-state index contributed by atoms with van der Waals surface area (Å²) in [5, 5.41) is 15.6. The maximum absolute atomic E-state index is 5.83. The highest BCUT2D eigenvalue weighted by atomic mass is 79.9. The first kappa shape index (κ1) is 20.0. The van der Waals surface area contributed by atoms with Crippen LogP contribution >= 0.6 is 27.7 Å². The Bertz CT molecular complexity index is 681. The Morgan fingerprint density at radius 2 is 2.12 bits per heavy atom. The van der Waals surface area contributed by atoms with Crippen LogP contribution < -0.4 is 14.8 Å². The number of aryl methyl sites for hydroxylation is 1. The lowest BCUT2D eigenvalue weighted by Crippen LogP contribution is -2.17. The number of ether oxygens (including phenoxy) is 2. The lowest BCUT2D eigenvalue weighted by Gasteiger charge is -2.17. The first-order valence-corrected chi connectivity index (χ1v) is 9.96. The molecule has 9 heteroatoms. The average molecular weight is 430 g/mol. The lowest BCUT2D eigenvalue weighted by atomic mass is 10.2. The molecule has 0 aliphatic rings. The Morgan fingerprint density at radius 3 is 2.76 bits per heavy atom. The monoisotopic (exact) mass is 429 g/mol. The second-order valence-electron chi connectivity index (χ2n) is 5.60. The van der Waals surface area contributed by atoms with Gasteiger partial charge in [0.15, 0.2) is 11.5 Å². The minimum absolute atomic E-state index is 0.0993. The smallest absolute Gasteiger partial charge is 0.209 e. The van der Waals surface area contributed by atoms with Crippen LogP contribution in [0.3, 0.4) is 0 Å². The molecular formula is C16H24BrN5O2S. The molecule has 0 atom stereocenters. The Labute approximate surface area is 161 Å². The van der Waals surface area contributed by atoms with Gasteiger partial charge in [-0.2, -0.15) is 0 Å². The van der Waals surface area contributed by atoms with Crippen molar-refractivity contribution in [3.8, 4) is 11.5 Å². The number of nitrogens with one attached hydrogen (secondary N) is 1. The summed E-state index contributed by atoms with van der Waals surface area (Å²) >= 11 is 5.24. The summed E-state index contributed by atoms with van der Waals surface area (Å²) in [5.74, 6) is 2.42. The van der Waals surface area contributed by atoms with Gasteiger partial charge in [0.05, 0.1) is 12.7 Å². The number of tetrazole rings is 1. The van der Waals surface area contributed by atoms with Crippen molar-refractivity contribution < 1.29 is 9.47 Å². The molecule has 0 aliphatic heterocycles. The molecule has 1 aromatic carbocycles. The van der Waals surface area contributed by atoms with E-state index in [0.717, 1.165) is 45.5 Å². The van der Waals surface area contributed by atoms with Gasteiger partial charge in [-0.15, -0.1) is 5.10 Å². The van der Waals surface area contributed by atoms with Crippen molar-refractivity contribution in [1.82, 2.24) is 25.5 Å². The zero-order chi connectivity index (χ0) is 18.2. The molecule has 1 N–H and O–H groups in total. The van der Waals surface area contributed by atoms with Gasteiger partial charge in [-0.05, 0) is 48.9 Å². The zero-order valence-corrected chi connectivity index (χ0v) is 17.4. The fourth-order valence-electron chi connectivity index (χ4n) is 2.11. The highest BCUT2D eigenvalue weighted by Crippen LogP contribution is 2.34. The number of rotatable bonds is 10. The largest absolute Gasteiger partial charge is 0.490 e. The molecule has 0 amide bonds. The van der Waals surface area contributed by atoms with Crippen LogP contribution in [0.1, 0.15) is 26.3 Å². The molecule has 0 saturated carbocycles. The molecule has 2 aromatic rings. The van der Waals surface area contributed by atoms with Crippen LogP contribution in [0, 0.1) is 0 Å². The molecule has 25 heavy (non-hydrogen) atoms. The van der Waals surface area contributed by atoms with E-state index in [1.54, 1.807) is 16.4 Å². The number of hydrogen-bond donors (Lipinski definition) is 1. The standard InChI is InChI=1S/C16H24BrN5O2S/c1-5-23-14-8-12(13(17)9-15(14)24-11(2)3)10-18-6-7-25-16-19-20-21-22(16)4/h8-9,11,18H,5-7,10H2,1-4H3. The molecule has 7 nitrogen and oxygen atoms in total. The van der Waals surface area contributed by atoms with Crippen LogP contribution in [0.5, 0.6) is 11.5 Å². The molecule has 0 bridgehead atoms. The highest BCUT2D eigenvalue weighted by Gasteiger charge is 2.12. The number of benzene rings is 1.